The van der Waals surface area contributed by atoms with Gasteiger partial charge < -0.3 is 4.74 Å². The van der Waals surface area contributed by atoms with E-state index in [2.05, 4.69) is 18.7 Å². The first-order valence-electron chi connectivity index (χ1n) is 7.73. The first kappa shape index (κ1) is 17.5. The van der Waals surface area contributed by atoms with E-state index < -0.39 is 0 Å². The zero-order valence-electron chi connectivity index (χ0n) is 13.8. The summed E-state index contributed by atoms with van der Waals surface area (Å²) in [5.74, 6) is 1.28. The zero-order chi connectivity index (χ0) is 15.9. The molecule has 1 aromatic rings. The van der Waals surface area contributed by atoms with Gasteiger partial charge in [0.2, 0.25) is 0 Å². The first-order chi connectivity index (χ1) is 9.81. The topological polar surface area (TPSA) is 26.3 Å². The lowest BCUT2D eigenvalue weighted by atomic mass is 9.94. The van der Waals surface area contributed by atoms with Gasteiger partial charge in [0.1, 0.15) is 17.1 Å². The number of Topliss-reactive ketones (excluding diaryl/α,β-unsaturated/α-hetero) is 1. The Morgan fingerprint density at radius 1 is 1.29 bits per heavy atom. The predicted octanol–water partition coefficient (Wildman–Crippen LogP) is 4.97. The van der Waals surface area contributed by atoms with Gasteiger partial charge in [0, 0.05) is 12.3 Å². The molecule has 21 heavy (non-hydrogen) atoms. The molecule has 116 valence electrons. The normalized spacial score (nSPS) is 12.8. The van der Waals surface area contributed by atoms with Crippen LogP contribution in [0.1, 0.15) is 52.5 Å². The molecule has 0 aliphatic heterocycles. The van der Waals surface area contributed by atoms with Gasteiger partial charge in [-0.05, 0) is 57.7 Å². The van der Waals surface area contributed by atoms with Crippen LogP contribution < -0.4 is 4.74 Å². The van der Waals surface area contributed by atoms with Gasteiger partial charge in [-0.3, -0.25) is 4.79 Å². The molecule has 0 amide bonds. The lowest BCUT2D eigenvalue weighted by Crippen LogP contribution is -2.22. The maximum absolute atomic E-state index is 12.0. The van der Waals surface area contributed by atoms with E-state index in [-0.39, 0.29) is 11.5 Å². The average molecular weight is 288 g/mol. The van der Waals surface area contributed by atoms with Crippen LogP contribution in [0.15, 0.2) is 36.9 Å². The molecule has 1 atom stereocenters. The fourth-order valence-corrected chi connectivity index (χ4v) is 2.18. The highest BCUT2D eigenvalue weighted by molar-refractivity contribution is 5.80. The fraction of sp³-hybridized carbons (Fsp3) is 0.526. The second-order valence-electron chi connectivity index (χ2n) is 6.61. The molecule has 0 aromatic heterocycles. The van der Waals surface area contributed by atoms with Crippen molar-refractivity contribution in [3.63, 3.8) is 0 Å². The Balaban J connectivity index is 2.51. The van der Waals surface area contributed by atoms with Gasteiger partial charge in [0.15, 0.2) is 0 Å². The number of carbonyl (C=O) groups is 1. The van der Waals surface area contributed by atoms with E-state index >= 15 is 0 Å². The van der Waals surface area contributed by atoms with Crippen molar-refractivity contribution in [3.05, 3.63) is 42.5 Å². The van der Waals surface area contributed by atoms with E-state index in [1.165, 1.54) is 5.56 Å². The van der Waals surface area contributed by atoms with Crippen molar-refractivity contribution in [2.45, 2.75) is 59.0 Å². The molecule has 1 rings (SSSR count). The number of allylic oxidation sites excluding steroid dienone is 1. The molecule has 0 bridgehead atoms. The van der Waals surface area contributed by atoms with E-state index in [0.717, 1.165) is 25.0 Å². The maximum atomic E-state index is 12.0. The summed E-state index contributed by atoms with van der Waals surface area (Å²) >= 11 is 0. The first-order valence-corrected chi connectivity index (χ1v) is 7.73. The molecule has 1 aromatic carbocycles. The minimum Gasteiger partial charge on any atom is -0.488 e. The predicted molar refractivity (Wildman–Crippen MR) is 88.7 cm³/mol. The largest absolute Gasteiger partial charge is 0.488 e. The van der Waals surface area contributed by atoms with Crippen LogP contribution in [0.4, 0.5) is 0 Å². The number of benzene rings is 1. The average Bonchev–Trinajstić information content (AvgIpc) is 2.39. The molecule has 0 aliphatic rings. The minimum absolute atomic E-state index is 0.0733. The summed E-state index contributed by atoms with van der Waals surface area (Å²) in [6.07, 6.45) is 5.13. The van der Waals surface area contributed by atoms with Crippen molar-refractivity contribution in [1.29, 1.82) is 0 Å². The molecule has 0 fully saturated rings. The zero-order valence-corrected chi connectivity index (χ0v) is 13.8. The highest BCUT2D eigenvalue weighted by Crippen LogP contribution is 2.20. The van der Waals surface area contributed by atoms with Crippen LogP contribution in [0, 0.1) is 5.92 Å². The number of hydrogen-bond donors (Lipinski definition) is 0. The summed E-state index contributed by atoms with van der Waals surface area (Å²) in [4.78, 5) is 12.0. The number of carbonyl (C=O) groups excluding carboxylic acids is 1. The van der Waals surface area contributed by atoms with Crippen LogP contribution in [0.2, 0.25) is 0 Å². The third-order valence-electron chi connectivity index (χ3n) is 3.27. The number of rotatable bonds is 8. The molecule has 0 saturated carbocycles. The molecule has 0 saturated heterocycles. The molecular weight excluding hydrogens is 260 g/mol. The van der Waals surface area contributed by atoms with Crippen molar-refractivity contribution < 1.29 is 9.53 Å². The Morgan fingerprint density at radius 3 is 2.43 bits per heavy atom. The molecule has 2 heteroatoms. The number of ether oxygens (including phenoxy) is 1. The highest BCUT2D eigenvalue weighted by Gasteiger charge is 2.14. The summed E-state index contributed by atoms with van der Waals surface area (Å²) in [6, 6.07) is 8.06. The van der Waals surface area contributed by atoms with Crippen LogP contribution in [0.3, 0.4) is 0 Å². The van der Waals surface area contributed by atoms with E-state index in [4.69, 9.17) is 4.74 Å². The molecule has 0 unspecified atom stereocenters. The second kappa shape index (κ2) is 8.02. The van der Waals surface area contributed by atoms with Crippen molar-refractivity contribution in [1.82, 2.24) is 0 Å². The Kier molecular flexibility index (Phi) is 6.67. The van der Waals surface area contributed by atoms with Gasteiger partial charge in [-0.15, -0.1) is 6.58 Å². The standard InChI is InChI=1S/C19H28O2/c1-6-7-8-9-18(20)15(2)14-16-10-12-17(13-11-16)21-19(3,4)5/h6,10-13,15H,1,7-9,14H2,2-5H3/t15-/m0/s1. The van der Waals surface area contributed by atoms with Crippen molar-refractivity contribution in [2.24, 2.45) is 5.92 Å². The Morgan fingerprint density at radius 2 is 1.90 bits per heavy atom. The quantitative estimate of drug-likeness (QED) is 0.499. The third-order valence-corrected chi connectivity index (χ3v) is 3.27. The maximum Gasteiger partial charge on any atom is 0.136 e. The highest BCUT2D eigenvalue weighted by atomic mass is 16.5. The summed E-state index contributed by atoms with van der Waals surface area (Å²) in [5.41, 5.74) is 0.997. The number of hydrogen-bond acceptors (Lipinski definition) is 2. The monoisotopic (exact) mass is 288 g/mol. The van der Waals surface area contributed by atoms with Crippen molar-refractivity contribution in [3.8, 4) is 5.75 Å². The summed E-state index contributed by atoms with van der Waals surface area (Å²) in [5, 5.41) is 0. The molecule has 0 N–H and O–H groups in total. The van der Waals surface area contributed by atoms with Crippen LogP contribution in [0.5, 0.6) is 5.75 Å². The van der Waals surface area contributed by atoms with E-state index in [0.29, 0.717) is 12.2 Å². The van der Waals surface area contributed by atoms with E-state index in [1.54, 1.807) is 0 Å². The van der Waals surface area contributed by atoms with Crippen LogP contribution in [0.25, 0.3) is 0 Å². The molecule has 2 nitrogen and oxygen atoms in total. The molecule has 0 radical (unpaired) electrons. The summed E-state index contributed by atoms with van der Waals surface area (Å²) in [7, 11) is 0. The SMILES string of the molecule is C=CCCCC(=O)[C@@H](C)Cc1ccc(OC(C)(C)C)cc1. The molecule has 0 aliphatic carbocycles. The minimum atomic E-state index is -0.185. The van der Waals surface area contributed by atoms with Gasteiger partial charge in [-0.1, -0.05) is 25.1 Å². The van der Waals surface area contributed by atoms with Gasteiger partial charge in [0.05, 0.1) is 0 Å². The number of ketones is 1. The Hall–Kier alpha value is -1.57. The third kappa shape index (κ3) is 7.12. The van der Waals surface area contributed by atoms with E-state index in [9.17, 15) is 4.79 Å². The Bertz CT molecular complexity index is 451. The van der Waals surface area contributed by atoms with Crippen LogP contribution in [-0.2, 0) is 11.2 Å². The number of unbranched alkanes of at least 4 members (excludes halogenated alkanes) is 1. The molecule has 0 spiro atoms. The Labute approximate surface area is 129 Å². The van der Waals surface area contributed by atoms with Crippen molar-refractivity contribution >= 4 is 5.78 Å². The van der Waals surface area contributed by atoms with Crippen LogP contribution >= 0.6 is 0 Å². The molecular formula is C19H28O2. The van der Waals surface area contributed by atoms with Crippen LogP contribution in [-0.4, -0.2) is 11.4 Å². The fourth-order valence-electron chi connectivity index (χ4n) is 2.18. The summed E-state index contributed by atoms with van der Waals surface area (Å²) < 4.78 is 5.80. The smallest absolute Gasteiger partial charge is 0.136 e. The summed E-state index contributed by atoms with van der Waals surface area (Å²) in [6.45, 7) is 11.8. The van der Waals surface area contributed by atoms with E-state index in [1.807, 2.05) is 45.9 Å². The molecule has 0 heterocycles. The van der Waals surface area contributed by atoms with Gasteiger partial charge in [-0.25, -0.2) is 0 Å². The van der Waals surface area contributed by atoms with Gasteiger partial charge in [-0.2, -0.15) is 0 Å². The van der Waals surface area contributed by atoms with Gasteiger partial charge >= 0.3 is 0 Å². The lowest BCUT2D eigenvalue weighted by Gasteiger charge is -2.21. The van der Waals surface area contributed by atoms with Crippen molar-refractivity contribution in [2.75, 3.05) is 0 Å². The second-order valence-corrected chi connectivity index (χ2v) is 6.61. The lowest BCUT2D eigenvalue weighted by molar-refractivity contribution is -0.122. The van der Waals surface area contributed by atoms with Gasteiger partial charge in [0.25, 0.3) is 0 Å².